The van der Waals surface area contributed by atoms with Gasteiger partial charge in [0.1, 0.15) is 26.0 Å². The number of hydrogen-bond donors (Lipinski definition) is 2. The second-order valence-electron chi connectivity index (χ2n) is 6.12. The number of aliphatic hydroxyl groups is 2. The summed E-state index contributed by atoms with van der Waals surface area (Å²) in [5.41, 5.74) is -2.04. The van der Waals surface area contributed by atoms with Gasteiger partial charge < -0.3 is 38.1 Å². The van der Waals surface area contributed by atoms with Crippen LogP contribution in [0.1, 0.15) is 23.6 Å². The van der Waals surface area contributed by atoms with E-state index in [1.54, 1.807) is 32.3 Å². The molecular weight excluding hydrogens is 368 g/mol. The Balaban J connectivity index is 2.18. The molecule has 11 heteroatoms. The summed E-state index contributed by atoms with van der Waals surface area (Å²) in [5.74, 6) is 0.498. The molecule has 0 amide bonds. The lowest BCUT2D eigenvalue weighted by atomic mass is 9.93. The molecule has 1 atom stereocenters. The lowest BCUT2D eigenvalue weighted by Crippen LogP contribution is -2.41. The van der Waals surface area contributed by atoms with Crippen LogP contribution in [0.4, 0.5) is 0 Å². The monoisotopic (exact) mass is 392 g/mol. The fourth-order valence-electron chi connectivity index (χ4n) is 3.13. The molecule has 0 aliphatic heterocycles. The Labute approximate surface area is 161 Å². The highest BCUT2D eigenvalue weighted by atomic mass is 16.5. The first-order chi connectivity index (χ1) is 13.6. The summed E-state index contributed by atoms with van der Waals surface area (Å²) in [5, 5.41) is 23.1. The van der Waals surface area contributed by atoms with E-state index in [2.05, 4.69) is 15.0 Å². The molecule has 152 valence electrons. The topological polar surface area (TPSA) is 122 Å². The minimum atomic E-state index is -2.04. The summed E-state index contributed by atoms with van der Waals surface area (Å²) in [4.78, 5) is 12.8. The van der Waals surface area contributed by atoms with Gasteiger partial charge in [-0.2, -0.15) is 0 Å². The van der Waals surface area contributed by atoms with Crippen LogP contribution in [-0.4, -0.2) is 60.2 Å². The van der Waals surface area contributed by atoms with Gasteiger partial charge >= 0.3 is 0 Å². The van der Waals surface area contributed by atoms with Crippen molar-refractivity contribution in [2.45, 2.75) is 31.9 Å². The molecule has 0 spiro atoms. The van der Waals surface area contributed by atoms with Gasteiger partial charge in [0.15, 0.2) is 17.8 Å². The zero-order chi connectivity index (χ0) is 20.1. The van der Waals surface area contributed by atoms with Crippen molar-refractivity contribution in [3.05, 3.63) is 54.7 Å². The fraction of sp³-hybridized carbons (Fsp3) is 0.471. The molecule has 0 aliphatic carbocycles. The molecule has 1 unspecified atom stereocenters. The molecule has 3 rings (SSSR count). The number of methoxy groups -OCH3 is 3. The first-order valence-corrected chi connectivity index (χ1v) is 8.49. The van der Waals surface area contributed by atoms with Crippen LogP contribution in [0.25, 0.3) is 0 Å². The summed E-state index contributed by atoms with van der Waals surface area (Å²) in [6.45, 7) is 0.408. The van der Waals surface area contributed by atoms with Crippen molar-refractivity contribution in [2.24, 2.45) is 0 Å². The van der Waals surface area contributed by atoms with E-state index in [1.807, 2.05) is 0 Å². The third kappa shape index (κ3) is 3.45. The minimum absolute atomic E-state index is 0.127. The Kier molecular flexibility index (Phi) is 6.21. The maximum Gasteiger partial charge on any atom is 0.213 e. The van der Waals surface area contributed by atoms with Gasteiger partial charge in [-0.05, 0) is 0 Å². The van der Waals surface area contributed by atoms with Crippen LogP contribution in [0.3, 0.4) is 0 Å². The Hall–Kier alpha value is -2.57. The van der Waals surface area contributed by atoms with Gasteiger partial charge in [0.05, 0.1) is 0 Å². The van der Waals surface area contributed by atoms with Gasteiger partial charge in [0, 0.05) is 58.5 Å². The van der Waals surface area contributed by atoms with Gasteiger partial charge in [0.25, 0.3) is 0 Å². The van der Waals surface area contributed by atoms with Gasteiger partial charge in [-0.15, -0.1) is 0 Å². The lowest BCUT2D eigenvalue weighted by Gasteiger charge is -2.32. The lowest BCUT2D eigenvalue weighted by molar-refractivity contribution is -0.0798. The number of aliphatic hydroxyl groups excluding tert-OH is 1. The SMILES string of the molecule is COCn1ccnc1C(O)C(O)(c1nccn1COC)c1nccn1COC. The van der Waals surface area contributed by atoms with Crippen LogP contribution in [-0.2, 0) is 40.0 Å². The van der Waals surface area contributed by atoms with Crippen LogP contribution in [0, 0.1) is 0 Å². The summed E-state index contributed by atoms with van der Waals surface area (Å²) in [6.07, 6.45) is 7.96. The summed E-state index contributed by atoms with van der Waals surface area (Å²) >= 11 is 0. The predicted octanol–water partition coefficient (Wildman–Crippen LogP) is 0.0573. The quantitative estimate of drug-likeness (QED) is 0.497. The van der Waals surface area contributed by atoms with E-state index in [0.29, 0.717) is 0 Å². The van der Waals surface area contributed by atoms with E-state index < -0.39 is 11.7 Å². The van der Waals surface area contributed by atoms with Crippen molar-refractivity contribution in [2.75, 3.05) is 21.3 Å². The first-order valence-electron chi connectivity index (χ1n) is 8.49. The normalized spacial score (nSPS) is 13.2. The van der Waals surface area contributed by atoms with Gasteiger partial charge in [0.2, 0.25) is 5.60 Å². The molecule has 0 aromatic carbocycles. The van der Waals surface area contributed by atoms with Crippen LogP contribution >= 0.6 is 0 Å². The van der Waals surface area contributed by atoms with E-state index in [9.17, 15) is 10.2 Å². The van der Waals surface area contributed by atoms with E-state index in [-0.39, 0.29) is 37.7 Å². The van der Waals surface area contributed by atoms with Crippen molar-refractivity contribution in [1.82, 2.24) is 28.7 Å². The Bertz CT molecular complexity index is 844. The second-order valence-corrected chi connectivity index (χ2v) is 6.12. The smallest absolute Gasteiger partial charge is 0.213 e. The number of nitrogens with zero attached hydrogens (tertiary/aromatic N) is 6. The molecular formula is C17H24N6O5. The largest absolute Gasteiger partial charge is 0.381 e. The Morgan fingerprint density at radius 2 is 1.25 bits per heavy atom. The zero-order valence-electron chi connectivity index (χ0n) is 16.0. The van der Waals surface area contributed by atoms with Crippen LogP contribution in [0.5, 0.6) is 0 Å². The molecule has 0 radical (unpaired) electrons. The average Bonchev–Trinajstić information content (AvgIpc) is 3.42. The standard InChI is InChI=1S/C17H24N6O5/c1-26-10-21-7-4-18-14(21)13(24)17(25,15-19-5-8-22(15)11-27-2)16-20-6-9-23(16)12-28-3/h4-9,13,24-25H,10-12H2,1-3H3. The maximum absolute atomic E-state index is 11.9. The first kappa shape index (κ1) is 20.2. The zero-order valence-corrected chi connectivity index (χ0v) is 16.0. The highest BCUT2D eigenvalue weighted by Crippen LogP contribution is 2.39. The van der Waals surface area contributed by atoms with Crippen molar-refractivity contribution in [3.8, 4) is 0 Å². The van der Waals surface area contributed by atoms with Crippen LogP contribution in [0.15, 0.2) is 37.2 Å². The molecule has 3 aromatic heterocycles. The second kappa shape index (κ2) is 8.63. The molecule has 0 fully saturated rings. The van der Waals surface area contributed by atoms with E-state index in [0.717, 1.165) is 0 Å². The number of ether oxygens (including phenoxy) is 3. The number of imidazole rings is 3. The molecule has 3 aromatic rings. The molecule has 2 N–H and O–H groups in total. The fourth-order valence-corrected chi connectivity index (χ4v) is 3.13. The van der Waals surface area contributed by atoms with Crippen LogP contribution in [0.2, 0.25) is 0 Å². The maximum atomic E-state index is 11.9. The summed E-state index contributed by atoms with van der Waals surface area (Å²) < 4.78 is 20.3. The van der Waals surface area contributed by atoms with Crippen molar-refractivity contribution < 1.29 is 24.4 Å². The van der Waals surface area contributed by atoms with Gasteiger partial charge in [-0.3, -0.25) is 0 Å². The molecule has 0 saturated carbocycles. The third-order valence-corrected chi connectivity index (χ3v) is 4.31. The van der Waals surface area contributed by atoms with Crippen molar-refractivity contribution in [1.29, 1.82) is 0 Å². The Morgan fingerprint density at radius 3 is 1.75 bits per heavy atom. The molecule has 28 heavy (non-hydrogen) atoms. The Morgan fingerprint density at radius 1 is 0.821 bits per heavy atom. The predicted molar refractivity (Wildman–Crippen MR) is 95.7 cm³/mol. The van der Waals surface area contributed by atoms with Crippen molar-refractivity contribution in [3.63, 3.8) is 0 Å². The van der Waals surface area contributed by atoms with E-state index in [1.165, 1.54) is 39.9 Å². The molecule has 0 saturated heterocycles. The van der Waals surface area contributed by atoms with Crippen molar-refractivity contribution >= 4 is 0 Å². The summed E-state index contributed by atoms with van der Waals surface area (Å²) in [6, 6.07) is 0. The van der Waals surface area contributed by atoms with Gasteiger partial charge in [-0.25, -0.2) is 15.0 Å². The number of rotatable bonds is 10. The molecule has 3 heterocycles. The molecule has 11 nitrogen and oxygen atoms in total. The van der Waals surface area contributed by atoms with Crippen LogP contribution < -0.4 is 0 Å². The minimum Gasteiger partial charge on any atom is -0.381 e. The summed E-state index contributed by atoms with van der Waals surface area (Å²) in [7, 11) is 4.58. The average molecular weight is 392 g/mol. The molecule has 0 aliphatic rings. The molecule has 0 bridgehead atoms. The number of hydrogen-bond acceptors (Lipinski definition) is 8. The highest BCUT2D eigenvalue weighted by Gasteiger charge is 2.49. The highest BCUT2D eigenvalue weighted by molar-refractivity contribution is 5.25. The van der Waals surface area contributed by atoms with Gasteiger partial charge in [-0.1, -0.05) is 0 Å². The number of aromatic nitrogens is 6. The van der Waals surface area contributed by atoms with E-state index >= 15 is 0 Å². The van der Waals surface area contributed by atoms with E-state index in [4.69, 9.17) is 14.2 Å². The third-order valence-electron chi connectivity index (χ3n) is 4.31.